The second-order valence-electron chi connectivity index (χ2n) is 11.3. The van der Waals surface area contributed by atoms with Gasteiger partial charge in [0.1, 0.15) is 11.7 Å². The standard InChI is InChI=1S/C30H33N5O3/c36-27-10-9-26(29(37)32-27)35-18-20-15-19(7-8-24(20)30(35)38)25-16-21(17-33-12-3-4-13-33)23-11-14-34(28(23)31-25)22-5-1-2-6-22/h7-8,11,14-16,22,26H,1-6,9-10,12-13,17-18H2,(H,32,36,37). The minimum Gasteiger partial charge on any atom is -0.329 e. The smallest absolute Gasteiger partial charge is 0.255 e. The number of carbonyl (C=O) groups excluding carboxylic acids is 3. The molecule has 3 fully saturated rings. The number of hydrogen-bond donors (Lipinski definition) is 1. The van der Waals surface area contributed by atoms with Crippen LogP contribution in [0.5, 0.6) is 0 Å². The Balaban J connectivity index is 1.25. The van der Waals surface area contributed by atoms with E-state index in [4.69, 9.17) is 4.98 Å². The Labute approximate surface area is 222 Å². The number of piperidine rings is 1. The summed E-state index contributed by atoms with van der Waals surface area (Å²) < 4.78 is 2.39. The van der Waals surface area contributed by atoms with Gasteiger partial charge >= 0.3 is 0 Å². The van der Waals surface area contributed by atoms with Gasteiger partial charge in [-0.3, -0.25) is 24.6 Å². The van der Waals surface area contributed by atoms with Gasteiger partial charge < -0.3 is 9.47 Å². The summed E-state index contributed by atoms with van der Waals surface area (Å²) in [7, 11) is 0. The third-order valence-electron chi connectivity index (χ3n) is 8.90. The molecule has 0 bridgehead atoms. The molecule has 1 aromatic carbocycles. The van der Waals surface area contributed by atoms with Crippen molar-refractivity contribution in [3.63, 3.8) is 0 Å². The van der Waals surface area contributed by atoms with Crippen molar-refractivity contribution in [1.82, 2.24) is 24.7 Å². The lowest BCUT2D eigenvalue weighted by atomic mass is 10.0. The number of rotatable bonds is 5. The molecule has 1 atom stereocenters. The van der Waals surface area contributed by atoms with Crippen molar-refractivity contribution in [1.29, 1.82) is 0 Å². The van der Waals surface area contributed by atoms with Gasteiger partial charge in [0.25, 0.3) is 5.91 Å². The zero-order valence-electron chi connectivity index (χ0n) is 21.6. The summed E-state index contributed by atoms with van der Waals surface area (Å²) in [5.41, 5.74) is 5.83. The van der Waals surface area contributed by atoms with E-state index < -0.39 is 6.04 Å². The molecule has 5 heterocycles. The molecule has 1 saturated carbocycles. The van der Waals surface area contributed by atoms with Crippen molar-refractivity contribution < 1.29 is 14.4 Å². The van der Waals surface area contributed by atoms with E-state index in [1.807, 2.05) is 12.1 Å². The molecule has 3 aliphatic heterocycles. The van der Waals surface area contributed by atoms with Gasteiger partial charge in [0.2, 0.25) is 11.8 Å². The third-order valence-corrected chi connectivity index (χ3v) is 8.90. The molecule has 1 N–H and O–H groups in total. The van der Waals surface area contributed by atoms with Gasteiger partial charge in [0.05, 0.1) is 5.69 Å². The summed E-state index contributed by atoms with van der Waals surface area (Å²) in [5, 5.41) is 3.62. The van der Waals surface area contributed by atoms with Crippen LogP contribution in [0.2, 0.25) is 0 Å². The van der Waals surface area contributed by atoms with E-state index >= 15 is 0 Å². The highest BCUT2D eigenvalue weighted by atomic mass is 16.2. The largest absolute Gasteiger partial charge is 0.329 e. The molecule has 196 valence electrons. The Morgan fingerprint density at radius 1 is 0.947 bits per heavy atom. The van der Waals surface area contributed by atoms with Crippen molar-refractivity contribution in [3.05, 3.63) is 53.2 Å². The highest BCUT2D eigenvalue weighted by molar-refractivity contribution is 6.05. The van der Waals surface area contributed by atoms with Crippen LogP contribution in [-0.2, 0) is 22.7 Å². The van der Waals surface area contributed by atoms with Crippen LogP contribution in [0.25, 0.3) is 22.3 Å². The van der Waals surface area contributed by atoms with Gasteiger partial charge in [-0.25, -0.2) is 4.98 Å². The number of pyridine rings is 1. The second-order valence-corrected chi connectivity index (χ2v) is 11.3. The summed E-state index contributed by atoms with van der Waals surface area (Å²) in [4.78, 5) is 46.6. The monoisotopic (exact) mass is 511 g/mol. The van der Waals surface area contributed by atoms with Gasteiger partial charge in [-0.1, -0.05) is 18.9 Å². The number of carbonyl (C=O) groups is 3. The molecule has 3 aromatic rings. The van der Waals surface area contributed by atoms with Crippen molar-refractivity contribution in [2.45, 2.75) is 76.5 Å². The van der Waals surface area contributed by atoms with Crippen LogP contribution in [0, 0.1) is 0 Å². The number of hydrogen-bond acceptors (Lipinski definition) is 5. The zero-order valence-corrected chi connectivity index (χ0v) is 21.6. The first kappa shape index (κ1) is 23.6. The SMILES string of the molecule is O=C1CCC(N2Cc3cc(-c4cc(CN5CCCC5)c5ccn(C6CCCC6)c5n4)ccc3C2=O)C(=O)N1. The molecule has 2 saturated heterocycles. The number of nitrogens with one attached hydrogen (secondary N) is 1. The quantitative estimate of drug-likeness (QED) is 0.520. The Bertz CT molecular complexity index is 1450. The fourth-order valence-corrected chi connectivity index (χ4v) is 6.87. The van der Waals surface area contributed by atoms with Gasteiger partial charge in [-0.2, -0.15) is 0 Å². The Morgan fingerprint density at radius 3 is 2.55 bits per heavy atom. The number of nitrogens with zero attached hydrogens (tertiary/aromatic N) is 4. The van der Waals surface area contributed by atoms with Crippen molar-refractivity contribution in [2.24, 2.45) is 0 Å². The average Bonchev–Trinajstić information content (AvgIpc) is 3.72. The molecular weight excluding hydrogens is 478 g/mol. The summed E-state index contributed by atoms with van der Waals surface area (Å²) in [6.07, 6.45) is 10.3. The second kappa shape index (κ2) is 9.34. The van der Waals surface area contributed by atoms with Gasteiger partial charge in [-0.15, -0.1) is 0 Å². The van der Waals surface area contributed by atoms with E-state index in [0.717, 1.165) is 42.1 Å². The molecule has 1 unspecified atom stereocenters. The van der Waals surface area contributed by atoms with Gasteiger partial charge in [-0.05, 0) is 80.6 Å². The number of amides is 3. The van der Waals surface area contributed by atoms with E-state index in [2.05, 4.69) is 39.2 Å². The van der Waals surface area contributed by atoms with Crippen molar-refractivity contribution >= 4 is 28.8 Å². The van der Waals surface area contributed by atoms with E-state index in [1.54, 1.807) is 4.90 Å². The molecule has 0 spiro atoms. The molecule has 8 nitrogen and oxygen atoms in total. The van der Waals surface area contributed by atoms with E-state index in [-0.39, 0.29) is 24.1 Å². The maximum Gasteiger partial charge on any atom is 0.255 e. The normalized spacial score (nSPS) is 22.6. The number of aromatic nitrogens is 2. The molecule has 2 aromatic heterocycles. The molecule has 0 radical (unpaired) electrons. The maximum atomic E-state index is 13.2. The minimum atomic E-state index is -0.604. The molecular formula is C30H33N5O3. The van der Waals surface area contributed by atoms with E-state index in [1.165, 1.54) is 49.5 Å². The van der Waals surface area contributed by atoms with E-state index in [9.17, 15) is 14.4 Å². The molecule has 38 heavy (non-hydrogen) atoms. The van der Waals surface area contributed by atoms with Crippen LogP contribution in [-0.4, -0.2) is 56.2 Å². The fourth-order valence-electron chi connectivity index (χ4n) is 6.87. The first-order chi connectivity index (χ1) is 18.5. The predicted molar refractivity (Wildman–Crippen MR) is 143 cm³/mol. The molecule has 4 aliphatic rings. The highest BCUT2D eigenvalue weighted by Crippen LogP contribution is 2.36. The minimum absolute atomic E-state index is 0.144. The molecule has 1 aliphatic carbocycles. The number of benzene rings is 1. The number of fused-ring (bicyclic) bond motifs is 2. The van der Waals surface area contributed by atoms with Crippen LogP contribution in [0.1, 0.15) is 78.9 Å². The molecule has 7 rings (SSSR count). The Morgan fingerprint density at radius 2 is 1.76 bits per heavy atom. The first-order valence-electron chi connectivity index (χ1n) is 14.1. The van der Waals surface area contributed by atoms with E-state index in [0.29, 0.717) is 24.6 Å². The van der Waals surface area contributed by atoms with Crippen LogP contribution in [0.15, 0.2) is 36.5 Å². The van der Waals surface area contributed by atoms with Crippen LogP contribution >= 0.6 is 0 Å². The summed E-state index contributed by atoms with van der Waals surface area (Å²) in [6, 6.07) is 10.3. The first-order valence-corrected chi connectivity index (χ1v) is 14.1. The van der Waals surface area contributed by atoms with Crippen LogP contribution in [0.4, 0.5) is 0 Å². The zero-order chi connectivity index (χ0) is 25.8. The summed E-state index contributed by atoms with van der Waals surface area (Å²) in [6.45, 7) is 3.57. The number of likely N-dealkylation sites (tertiary alicyclic amines) is 1. The van der Waals surface area contributed by atoms with Crippen LogP contribution < -0.4 is 5.32 Å². The summed E-state index contributed by atoms with van der Waals surface area (Å²) in [5.74, 6) is -0.797. The lowest BCUT2D eigenvalue weighted by Gasteiger charge is -2.29. The van der Waals surface area contributed by atoms with Crippen molar-refractivity contribution in [3.8, 4) is 11.3 Å². The van der Waals surface area contributed by atoms with Crippen molar-refractivity contribution in [2.75, 3.05) is 13.1 Å². The maximum absolute atomic E-state index is 13.2. The van der Waals surface area contributed by atoms with Gasteiger partial charge in [0, 0.05) is 48.3 Å². The Kier molecular flexibility index (Phi) is 5.80. The predicted octanol–water partition coefficient (Wildman–Crippen LogP) is 4.18. The lowest BCUT2D eigenvalue weighted by molar-refractivity contribution is -0.136. The topological polar surface area (TPSA) is 87.5 Å². The fraction of sp³-hybridized carbons (Fsp3) is 0.467. The van der Waals surface area contributed by atoms with Crippen LogP contribution in [0.3, 0.4) is 0 Å². The third kappa shape index (κ3) is 4.02. The Hall–Kier alpha value is -3.52. The highest BCUT2D eigenvalue weighted by Gasteiger charge is 2.39. The molecule has 8 heteroatoms. The average molecular weight is 512 g/mol. The van der Waals surface area contributed by atoms with Gasteiger partial charge in [0.15, 0.2) is 0 Å². The lowest BCUT2D eigenvalue weighted by Crippen LogP contribution is -2.52. The summed E-state index contributed by atoms with van der Waals surface area (Å²) >= 11 is 0. The molecule has 3 amide bonds. The number of imide groups is 1.